The summed E-state index contributed by atoms with van der Waals surface area (Å²) in [5.41, 5.74) is 5.81. The topological polar surface area (TPSA) is 113 Å². The van der Waals surface area contributed by atoms with E-state index in [0.29, 0.717) is 23.5 Å². The summed E-state index contributed by atoms with van der Waals surface area (Å²) in [5, 5.41) is 6.89. The molecule has 3 heterocycles. The van der Waals surface area contributed by atoms with Gasteiger partial charge in [0.15, 0.2) is 5.78 Å². The van der Waals surface area contributed by atoms with Gasteiger partial charge in [0.25, 0.3) is 6.47 Å². The molecule has 0 bridgehead atoms. The van der Waals surface area contributed by atoms with E-state index in [1.54, 1.807) is 24.7 Å². The third kappa shape index (κ3) is 6.44. The van der Waals surface area contributed by atoms with Crippen LogP contribution in [0.3, 0.4) is 0 Å². The highest BCUT2D eigenvalue weighted by Gasteiger charge is 2.31. The second-order valence-corrected chi connectivity index (χ2v) is 10.0. The molecule has 1 saturated heterocycles. The van der Waals surface area contributed by atoms with Crippen LogP contribution in [-0.4, -0.2) is 56.1 Å². The van der Waals surface area contributed by atoms with Crippen LogP contribution in [0.2, 0.25) is 0 Å². The van der Waals surface area contributed by atoms with E-state index >= 15 is 0 Å². The molecule has 1 aliphatic carbocycles. The highest BCUT2D eigenvalue weighted by molar-refractivity contribution is 6.30. The average Bonchev–Trinajstić information content (AvgIpc) is 3.27. The van der Waals surface area contributed by atoms with Crippen LogP contribution in [-0.2, 0) is 29.0 Å². The zero-order valence-corrected chi connectivity index (χ0v) is 21.7. The van der Waals surface area contributed by atoms with Crippen LogP contribution in [0.15, 0.2) is 61.3 Å². The summed E-state index contributed by atoms with van der Waals surface area (Å²) in [6.45, 7) is 7.24. The number of rotatable bonds is 9. The quantitative estimate of drug-likeness (QED) is 0.336. The monoisotopic (exact) mass is 512 g/mol. The fraction of sp³-hybridized carbons (Fsp3) is 0.333. The average molecular weight is 513 g/mol. The number of allylic oxidation sites excluding steroid dienone is 2. The summed E-state index contributed by atoms with van der Waals surface area (Å²) in [7, 11) is 0. The van der Waals surface area contributed by atoms with E-state index in [1.165, 1.54) is 18.3 Å². The number of ketones is 2. The van der Waals surface area contributed by atoms with E-state index < -0.39 is 0 Å². The highest BCUT2D eigenvalue weighted by atomic mass is 16.3. The Labute approximate surface area is 222 Å². The summed E-state index contributed by atoms with van der Waals surface area (Å²) >= 11 is 0. The molecule has 1 unspecified atom stereocenters. The van der Waals surface area contributed by atoms with Gasteiger partial charge in [0.2, 0.25) is 0 Å². The number of nitrogens with zero attached hydrogens (tertiary/aromatic N) is 4. The predicted molar refractivity (Wildman–Crippen MR) is 144 cm³/mol. The first-order valence-corrected chi connectivity index (χ1v) is 12.8. The van der Waals surface area contributed by atoms with Crippen molar-refractivity contribution < 1.29 is 19.5 Å². The minimum atomic E-state index is -0.250. The molecule has 8 heteroatoms. The number of pyridine rings is 1. The van der Waals surface area contributed by atoms with Gasteiger partial charge in [-0.3, -0.25) is 24.3 Å². The third-order valence-corrected chi connectivity index (χ3v) is 6.86. The maximum absolute atomic E-state index is 13.4. The summed E-state index contributed by atoms with van der Waals surface area (Å²) in [5.74, 6) is 0.405. The van der Waals surface area contributed by atoms with Crippen molar-refractivity contribution in [1.29, 1.82) is 0 Å². The molecule has 1 aliphatic heterocycles. The molecule has 8 nitrogen and oxygen atoms in total. The first-order chi connectivity index (χ1) is 18.4. The van der Waals surface area contributed by atoms with Crippen molar-refractivity contribution >= 4 is 23.6 Å². The number of hydrogen-bond donors (Lipinski definition) is 1. The molecular weight excluding hydrogens is 480 g/mol. The highest BCUT2D eigenvalue weighted by Crippen LogP contribution is 2.39. The predicted octanol–water partition coefficient (Wildman–Crippen LogP) is 4.15. The Morgan fingerprint density at radius 1 is 1.05 bits per heavy atom. The minimum absolute atomic E-state index is 0.0847. The van der Waals surface area contributed by atoms with Crippen LogP contribution in [0, 0.1) is 5.92 Å². The maximum atomic E-state index is 13.4. The van der Waals surface area contributed by atoms with Crippen LogP contribution in [0.5, 0.6) is 0 Å². The van der Waals surface area contributed by atoms with E-state index in [9.17, 15) is 9.59 Å². The van der Waals surface area contributed by atoms with Gasteiger partial charge in [-0.2, -0.15) is 0 Å². The molecule has 5 rings (SSSR count). The standard InChI is InChI=1S/C29H30N4O2.CH2O2/c1-19(2)25-13-26(27-16-31-18-32-28(25)27)29(35)23-10-22(14-30-15-23)12-24(34)11-20-5-3-6-21(9-20)17-33-7-4-8-33;2-1-3/h3,5-6,9-10,13-16,18-19,25H,4,7-8,11-12,17H2,1-2H3;1H,(H,2,3). The van der Waals surface area contributed by atoms with Crippen molar-refractivity contribution in [3.63, 3.8) is 0 Å². The Hall–Kier alpha value is -4.04. The van der Waals surface area contributed by atoms with Crippen LogP contribution in [0.1, 0.15) is 64.5 Å². The number of carboxylic acid groups (broad SMARTS) is 1. The normalized spacial score (nSPS) is 16.1. The molecule has 2 aliphatic rings. The van der Waals surface area contributed by atoms with Crippen molar-refractivity contribution in [2.75, 3.05) is 13.1 Å². The Balaban J connectivity index is 0.00000107. The summed E-state index contributed by atoms with van der Waals surface area (Å²) in [6, 6.07) is 10.1. The molecule has 1 aromatic carbocycles. The van der Waals surface area contributed by atoms with Crippen molar-refractivity contribution in [2.24, 2.45) is 5.92 Å². The second kappa shape index (κ2) is 12.5. The lowest BCUT2D eigenvalue weighted by Gasteiger charge is -2.30. The van der Waals surface area contributed by atoms with Crippen LogP contribution in [0.25, 0.3) is 5.57 Å². The van der Waals surface area contributed by atoms with E-state index in [0.717, 1.165) is 42.0 Å². The number of likely N-dealkylation sites (tertiary alicyclic amines) is 1. The van der Waals surface area contributed by atoms with E-state index in [-0.39, 0.29) is 30.4 Å². The molecule has 2 aromatic heterocycles. The molecule has 3 aromatic rings. The number of Topliss-reactive ketones (excluding diaryl/α,β-unsaturated/α-hetero) is 2. The molecule has 38 heavy (non-hydrogen) atoms. The van der Waals surface area contributed by atoms with E-state index in [1.807, 2.05) is 18.2 Å². The zero-order chi connectivity index (χ0) is 27.1. The molecule has 1 N–H and O–H groups in total. The van der Waals surface area contributed by atoms with Gasteiger partial charge < -0.3 is 5.11 Å². The molecule has 1 fully saturated rings. The van der Waals surface area contributed by atoms with Gasteiger partial charge in [-0.1, -0.05) is 44.2 Å². The largest absolute Gasteiger partial charge is 0.483 e. The molecule has 0 spiro atoms. The van der Waals surface area contributed by atoms with E-state index in [2.05, 4.69) is 45.8 Å². The molecule has 196 valence electrons. The third-order valence-electron chi connectivity index (χ3n) is 6.86. The summed E-state index contributed by atoms with van der Waals surface area (Å²) in [4.78, 5) is 49.9. The van der Waals surface area contributed by atoms with Crippen molar-refractivity contribution in [3.05, 3.63) is 94.8 Å². The summed E-state index contributed by atoms with van der Waals surface area (Å²) < 4.78 is 0. The fourth-order valence-electron chi connectivity index (χ4n) is 4.88. The van der Waals surface area contributed by atoms with E-state index in [4.69, 9.17) is 9.90 Å². The molecule has 0 saturated carbocycles. The van der Waals surface area contributed by atoms with Crippen molar-refractivity contribution in [2.45, 2.75) is 45.6 Å². The number of aromatic nitrogens is 3. The number of hydrogen-bond acceptors (Lipinski definition) is 7. The number of carbonyl (C=O) groups excluding carboxylic acids is 2. The smallest absolute Gasteiger partial charge is 0.290 e. The fourth-order valence-corrected chi connectivity index (χ4v) is 4.88. The first-order valence-electron chi connectivity index (χ1n) is 12.8. The maximum Gasteiger partial charge on any atom is 0.290 e. The van der Waals surface area contributed by atoms with Crippen LogP contribution >= 0.6 is 0 Å². The Morgan fingerprint density at radius 2 is 1.79 bits per heavy atom. The van der Waals surface area contributed by atoms with Crippen LogP contribution < -0.4 is 0 Å². The van der Waals surface area contributed by atoms with Crippen LogP contribution in [0.4, 0.5) is 0 Å². The molecule has 1 atom stereocenters. The second-order valence-electron chi connectivity index (χ2n) is 10.0. The first kappa shape index (κ1) is 27.0. The molecule has 0 radical (unpaired) electrons. The van der Waals surface area contributed by atoms with Crippen molar-refractivity contribution in [3.8, 4) is 0 Å². The van der Waals surface area contributed by atoms with Gasteiger partial charge in [0.05, 0.1) is 5.69 Å². The molecule has 0 amide bonds. The van der Waals surface area contributed by atoms with Gasteiger partial charge in [-0.05, 0) is 48.2 Å². The van der Waals surface area contributed by atoms with Gasteiger partial charge in [-0.15, -0.1) is 0 Å². The number of carbonyl (C=O) groups is 3. The Kier molecular flexibility index (Phi) is 8.86. The Bertz CT molecular complexity index is 1350. The summed E-state index contributed by atoms with van der Waals surface area (Å²) in [6.07, 6.45) is 10.4. The zero-order valence-electron chi connectivity index (χ0n) is 21.7. The lowest BCUT2D eigenvalue weighted by atomic mass is 9.95. The van der Waals surface area contributed by atoms with Gasteiger partial charge >= 0.3 is 0 Å². The molecular formula is C30H32N4O4. The van der Waals surface area contributed by atoms with Gasteiger partial charge in [0.1, 0.15) is 12.1 Å². The van der Waals surface area contributed by atoms with Gasteiger partial charge in [-0.25, -0.2) is 9.97 Å². The Morgan fingerprint density at radius 3 is 2.50 bits per heavy atom. The minimum Gasteiger partial charge on any atom is -0.483 e. The lowest BCUT2D eigenvalue weighted by Crippen LogP contribution is -2.36. The lowest BCUT2D eigenvalue weighted by molar-refractivity contribution is -0.123. The number of benzene rings is 1. The SMILES string of the molecule is CC(C)C1C=C(C(=O)c2cncc(CC(=O)Cc3cccc(CN4CCC4)c3)c2)c2cncnc21.O=CO. The number of fused-ring (bicyclic) bond motifs is 1. The van der Waals surface area contributed by atoms with Gasteiger partial charge in [0, 0.05) is 60.6 Å². The van der Waals surface area contributed by atoms with Crippen molar-refractivity contribution in [1.82, 2.24) is 19.9 Å².